The number of anilines is 2. The van der Waals surface area contributed by atoms with Crippen LogP contribution in [0, 0.1) is 0 Å². The van der Waals surface area contributed by atoms with Crippen LogP contribution in [0.3, 0.4) is 0 Å². The Balaban J connectivity index is 2.06. The molecule has 10 nitrogen and oxygen atoms in total. The topological polar surface area (TPSA) is 117 Å². The molecule has 2 aromatic rings. The Labute approximate surface area is 157 Å². The van der Waals surface area contributed by atoms with E-state index < -0.39 is 16.1 Å². The quantitative estimate of drug-likeness (QED) is 0.776. The fraction of sp³-hybridized carbons (Fsp3) is 0.375. The number of hydrogen-bond donors (Lipinski definition) is 2. The Morgan fingerprint density at radius 3 is 2.78 bits per heavy atom. The molecule has 2 N–H and O–H groups in total. The molecule has 0 aliphatic carbocycles. The minimum Gasteiger partial charge on any atom is -0.485 e. The maximum Gasteiger partial charge on any atom is 0.409 e. The Morgan fingerprint density at radius 2 is 2.19 bits per heavy atom. The summed E-state index contributed by atoms with van der Waals surface area (Å²) in [5, 5.41) is 15.1. The molecule has 11 heteroatoms. The van der Waals surface area contributed by atoms with Crippen LogP contribution in [0.1, 0.15) is 0 Å². The largest absolute Gasteiger partial charge is 0.485 e. The fourth-order valence-corrected chi connectivity index (χ4v) is 4.39. The van der Waals surface area contributed by atoms with Crippen LogP contribution in [0.5, 0.6) is 5.75 Å². The standard InChI is InChI=1S/C16H21N5O5S/c1-19(2)8-12-9-21(27(24,25)13-7-17-20(3)10-13)14-6-11(18-16(22)23)4-5-15(14)26-12/h4-7,10,12,18H,8-9H2,1-3H3,(H,22,23). The molecule has 0 saturated heterocycles. The van der Waals surface area contributed by atoms with E-state index in [1.165, 1.54) is 33.5 Å². The molecule has 0 fully saturated rings. The molecular formula is C16H21N5O5S. The summed E-state index contributed by atoms with van der Waals surface area (Å²) >= 11 is 0. The molecule has 1 atom stereocenters. The number of amides is 1. The van der Waals surface area contributed by atoms with Gasteiger partial charge in [0.25, 0.3) is 10.0 Å². The van der Waals surface area contributed by atoms with Gasteiger partial charge in [-0.1, -0.05) is 0 Å². The third-order valence-corrected chi connectivity index (χ3v) is 5.71. The summed E-state index contributed by atoms with van der Waals surface area (Å²) in [6.45, 7) is 0.618. The number of aryl methyl sites for hydroxylation is 1. The van der Waals surface area contributed by atoms with Gasteiger partial charge in [-0.25, -0.2) is 13.2 Å². The zero-order chi connectivity index (χ0) is 19.8. The first-order valence-corrected chi connectivity index (χ1v) is 9.57. The van der Waals surface area contributed by atoms with E-state index in [1.807, 2.05) is 19.0 Å². The van der Waals surface area contributed by atoms with Crippen LogP contribution in [-0.2, 0) is 17.1 Å². The van der Waals surface area contributed by atoms with Gasteiger partial charge in [0.15, 0.2) is 0 Å². The third-order valence-electron chi connectivity index (χ3n) is 3.98. The number of likely N-dealkylation sites (N-methyl/N-ethyl adjacent to an activating group) is 1. The lowest BCUT2D eigenvalue weighted by Gasteiger charge is -2.36. The van der Waals surface area contributed by atoms with Gasteiger partial charge in [0.1, 0.15) is 16.7 Å². The lowest BCUT2D eigenvalue weighted by molar-refractivity contribution is 0.159. The van der Waals surface area contributed by atoms with E-state index >= 15 is 0 Å². The van der Waals surface area contributed by atoms with E-state index in [-0.39, 0.29) is 28.9 Å². The number of rotatable bonds is 5. The number of aromatic nitrogens is 2. The smallest absolute Gasteiger partial charge is 0.409 e. The number of carboxylic acid groups (broad SMARTS) is 1. The number of hydrogen-bond acceptors (Lipinski definition) is 6. The number of carbonyl (C=O) groups is 1. The predicted molar refractivity (Wildman–Crippen MR) is 98.8 cm³/mol. The summed E-state index contributed by atoms with van der Waals surface area (Å²) in [5.41, 5.74) is 0.530. The second-order valence-electron chi connectivity index (χ2n) is 6.50. The van der Waals surface area contributed by atoms with Gasteiger partial charge in [0.05, 0.1) is 18.4 Å². The van der Waals surface area contributed by atoms with Crippen molar-refractivity contribution in [1.82, 2.24) is 14.7 Å². The normalized spacial score (nSPS) is 16.7. The summed E-state index contributed by atoms with van der Waals surface area (Å²) in [4.78, 5) is 12.9. The number of ether oxygens (including phenoxy) is 1. The molecule has 0 bridgehead atoms. The lowest BCUT2D eigenvalue weighted by Crippen LogP contribution is -2.47. The number of benzene rings is 1. The van der Waals surface area contributed by atoms with Gasteiger partial charge in [-0.3, -0.25) is 14.3 Å². The van der Waals surface area contributed by atoms with E-state index in [0.29, 0.717) is 12.3 Å². The molecule has 1 unspecified atom stereocenters. The molecule has 2 heterocycles. The fourth-order valence-electron chi connectivity index (χ4n) is 2.90. The maximum atomic E-state index is 13.2. The first-order chi connectivity index (χ1) is 12.7. The van der Waals surface area contributed by atoms with E-state index in [4.69, 9.17) is 9.84 Å². The number of sulfonamides is 1. The average Bonchev–Trinajstić information content (AvgIpc) is 3.00. The van der Waals surface area contributed by atoms with Gasteiger partial charge in [0, 0.05) is 25.5 Å². The summed E-state index contributed by atoms with van der Waals surface area (Å²) in [6, 6.07) is 4.54. The first kappa shape index (κ1) is 19.0. The summed E-state index contributed by atoms with van der Waals surface area (Å²) in [6.07, 6.45) is 1.09. The maximum absolute atomic E-state index is 13.2. The number of nitrogens with one attached hydrogen (secondary N) is 1. The van der Waals surface area contributed by atoms with Gasteiger partial charge in [-0.05, 0) is 32.3 Å². The molecule has 27 heavy (non-hydrogen) atoms. The zero-order valence-electron chi connectivity index (χ0n) is 15.2. The Bertz CT molecular complexity index is 956. The van der Waals surface area contributed by atoms with Crippen molar-refractivity contribution in [3.8, 4) is 5.75 Å². The van der Waals surface area contributed by atoms with Crippen LogP contribution in [0.2, 0.25) is 0 Å². The molecule has 1 aliphatic rings. The number of fused-ring (bicyclic) bond motifs is 1. The molecular weight excluding hydrogens is 374 g/mol. The molecule has 146 valence electrons. The van der Waals surface area contributed by atoms with Crippen molar-refractivity contribution < 1.29 is 23.1 Å². The van der Waals surface area contributed by atoms with Gasteiger partial charge in [-0.15, -0.1) is 0 Å². The Morgan fingerprint density at radius 1 is 1.44 bits per heavy atom. The Hall–Kier alpha value is -2.79. The van der Waals surface area contributed by atoms with Crippen LogP contribution in [-0.4, -0.2) is 67.6 Å². The highest BCUT2D eigenvalue weighted by atomic mass is 32.2. The molecule has 0 spiro atoms. The van der Waals surface area contributed by atoms with Crippen LogP contribution >= 0.6 is 0 Å². The minimum absolute atomic E-state index is 0.0537. The Kier molecular flexibility index (Phi) is 4.98. The van der Waals surface area contributed by atoms with Gasteiger partial charge in [0.2, 0.25) is 0 Å². The van der Waals surface area contributed by atoms with E-state index in [9.17, 15) is 13.2 Å². The first-order valence-electron chi connectivity index (χ1n) is 8.13. The zero-order valence-corrected chi connectivity index (χ0v) is 16.0. The monoisotopic (exact) mass is 395 g/mol. The van der Waals surface area contributed by atoms with Gasteiger partial charge < -0.3 is 14.7 Å². The lowest BCUT2D eigenvalue weighted by atomic mass is 10.2. The van der Waals surface area contributed by atoms with E-state index in [2.05, 4.69) is 10.4 Å². The molecule has 1 amide bonds. The molecule has 0 saturated carbocycles. The molecule has 0 radical (unpaired) electrons. The second-order valence-corrected chi connectivity index (χ2v) is 8.36. The van der Waals surface area contributed by atoms with Crippen LogP contribution < -0.4 is 14.4 Å². The van der Waals surface area contributed by atoms with Crippen molar-refractivity contribution >= 4 is 27.5 Å². The van der Waals surface area contributed by atoms with E-state index in [1.54, 1.807) is 13.1 Å². The molecule has 1 aromatic heterocycles. The molecule has 1 aliphatic heterocycles. The van der Waals surface area contributed by atoms with Gasteiger partial charge >= 0.3 is 6.09 Å². The highest BCUT2D eigenvalue weighted by molar-refractivity contribution is 7.92. The third kappa shape index (κ3) is 3.98. The van der Waals surface area contributed by atoms with Crippen LogP contribution in [0.4, 0.5) is 16.2 Å². The second kappa shape index (κ2) is 7.08. The van der Waals surface area contributed by atoms with Crippen molar-refractivity contribution in [3.05, 3.63) is 30.6 Å². The average molecular weight is 395 g/mol. The highest BCUT2D eigenvalue weighted by Gasteiger charge is 2.35. The van der Waals surface area contributed by atoms with Crippen molar-refractivity contribution in [2.45, 2.75) is 11.0 Å². The molecule has 3 rings (SSSR count). The van der Waals surface area contributed by atoms with Crippen molar-refractivity contribution in [1.29, 1.82) is 0 Å². The SMILES string of the molecule is CN(C)CC1CN(S(=O)(=O)c2cnn(C)c2)c2cc(NC(=O)O)ccc2O1. The highest BCUT2D eigenvalue weighted by Crippen LogP contribution is 2.39. The predicted octanol–water partition coefficient (Wildman–Crippen LogP) is 1.03. The van der Waals surface area contributed by atoms with Crippen molar-refractivity contribution in [3.63, 3.8) is 0 Å². The summed E-state index contributed by atoms with van der Waals surface area (Å²) in [7, 11) is 1.49. The van der Waals surface area contributed by atoms with Crippen molar-refractivity contribution in [2.75, 3.05) is 36.8 Å². The molecule has 1 aromatic carbocycles. The summed E-state index contributed by atoms with van der Waals surface area (Å²) in [5.74, 6) is 0.372. The van der Waals surface area contributed by atoms with Crippen molar-refractivity contribution in [2.24, 2.45) is 7.05 Å². The number of nitrogens with zero attached hydrogens (tertiary/aromatic N) is 4. The van der Waals surface area contributed by atoms with Gasteiger partial charge in [-0.2, -0.15) is 5.10 Å². The summed E-state index contributed by atoms with van der Waals surface area (Å²) < 4.78 is 35.0. The minimum atomic E-state index is -3.89. The van der Waals surface area contributed by atoms with Crippen LogP contribution in [0.15, 0.2) is 35.5 Å². The van der Waals surface area contributed by atoms with E-state index in [0.717, 1.165) is 0 Å². The van der Waals surface area contributed by atoms with Crippen LogP contribution in [0.25, 0.3) is 0 Å².